The second-order valence-electron chi connectivity index (χ2n) is 5.02. The minimum Gasteiger partial charge on any atom is -0.490 e. The number of para-hydroxylation sites is 1. The number of benzene rings is 1. The maximum atomic E-state index is 13.7. The van der Waals surface area contributed by atoms with Crippen LogP contribution in [-0.4, -0.2) is 38.6 Å². The highest BCUT2D eigenvalue weighted by Crippen LogP contribution is 2.33. The van der Waals surface area contributed by atoms with Gasteiger partial charge in [0.05, 0.1) is 18.8 Å². The highest BCUT2D eigenvalue weighted by atomic mass is 19.1. The molecule has 0 unspecified atom stereocenters. The van der Waals surface area contributed by atoms with E-state index in [2.05, 4.69) is 15.6 Å². The Morgan fingerprint density at radius 1 is 1.48 bits per heavy atom. The van der Waals surface area contributed by atoms with Crippen LogP contribution >= 0.6 is 0 Å². The third kappa shape index (κ3) is 3.12. The Morgan fingerprint density at radius 3 is 3.04 bits per heavy atom. The van der Waals surface area contributed by atoms with E-state index in [1.54, 1.807) is 12.1 Å². The monoisotopic (exact) mass is 320 g/mol. The summed E-state index contributed by atoms with van der Waals surface area (Å²) in [4.78, 5) is 22.8. The standard InChI is InChI=1S/C14H13FN4O4/c15-9-3-1-2-8-10(4-5-23-13(8)9)16-12(20)7-19-6-11(14(21)22)17-18-19/h1-3,6,10H,4-5,7H2,(H,16,20)(H,21,22)/t10-/m0/s1. The Hall–Kier alpha value is -2.97. The van der Waals surface area contributed by atoms with E-state index < -0.39 is 11.8 Å². The zero-order valence-corrected chi connectivity index (χ0v) is 11.9. The zero-order valence-electron chi connectivity index (χ0n) is 11.9. The Morgan fingerprint density at radius 2 is 2.30 bits per heavy atom. The van der Waals surface area contributed by atoms with Crippen molar-refractivity contribution in [3.05, 3.63) is 41.5 Å². The van der Waals surface area contributed by atoms with Crippen molar-refractivity contribution in [1.82, 2.24) is 20.3 Å². The first-order chi connectivity index (χ1) is 11.0. The lowest BCUT2D eigenvalue weighted by atomic mass is 10.0. The summed E-state index contributed by atoms with van der Waals surface area (Å²) in [6.45, 7) is 0.119. The Labute approximate surface area is 129 Å². The molecule has 0 fully saturated rings. The van der Waals surface area contributed by atoms with Gasteiger partial charge in [-0.25, -0.2) is 13.9 Å². The molecule has 1 amide bonds. The van der Waals surface area contributed by atoms with Crippen molar-refractivity contribution < 1.29 is 23.8 Å². The van der Waals surface area contributed by atoms with Crippen LogP contribution in [0.15, 0.2) is 24.4 Å². The average Bonchev–Trinajstić information content (AvgIpc) is 2.97. The van der Waals surface area contributed by atoms with Crippen LogP contribution in [-0.2, 0) is 11.3 Å². The molecule has 1 atom stereocenters. The topological polar surface area (TPSA) is 106 Å². The molecular weight excluding hydrogens is 307 g/mol. The van der Waals surface area contributed by atoms with Gasteiger partial charge in [0, 0.05) is 12.0 Å². The summed E-state index contributed by atoms with van der Waals surface area (Å²) in [5.74, 6) is -1.92. The summed E-state index contributed by atoms with van der Waals surface area (Å²) < 4.78 is 20.1. The maximum Gasteiger partial charge on any atom is 0.358 e. The van der Waals surface area contributed by atoms with Gasteiger partial charge < -0.3 is 15.2 Å². The van der Waals surface area contributed by atoms with Crippen molar-refractivity contribution in [2.45, 2.75) is 19.0 Å². The SMILES string of the molecule is O=C(Cn1cc(C(=O)O)nn1)N[C@H]1CCOc2c(F)cccc21. The smallest absolute Gasteiger partial charge is 0.358 e. The van der Waals surface area contributed by atoms with Gasteiger partial charge in [0.2, 0.25) is 5.91 Å². The van der Waals surface area contributed by atoms with Gasteiger partial charge in [0.15, 0.2) is 17.3 Å². The highest BCUT2D eigenvalue weighted by molar-refractivity contribution is 5.84. The fraction of sp³-hybridized carbons (Fsp3) is 0.286. The number of rotatable bonds is 4. The number of carbonyl (C=O) groups is 2. The van der Waals surface area contributed by atoms with E-state index in [1.165, 1.54) is 12.3 Å². The molecule has 0 aliphatic carbocycles. The number of aromatic carboxylic acids is 1. The van der Waals surface area contributed by atoms with E-state index in [4.69, 9.17) is 9.84 Å². The van der Waals surface area contributed by atoms with Crippen LogP contribution in [0, 0.1) is 5.82 Å². The van der Waals surface area contributed by atoms with Crippen molar-refractivity contribution in [1.29, 1.82) is 0 Å². The number of hydrogen-bond donors (Lipinski definition) is 2. The molecular formula is C14H13FN4O4. The number of carbonyl (C=O) groups excluding carboxylic acids is 1. The van der Waals surface area contributed by atoms with Gasteiger partial charge in [-0.1, -0.05) is 17.3 Å². The summed E-state index contributed by atoms with van der Waals surface area (Å²) >= 11 is 0. The molecule has 0 saturated carbocycles. The Bertz CT molecular complexity index is 761. The number of carboxylic acid groups (broad SMARTS) is 1. The lowest BCUT2D eigenvalue weighted by Gasteiger charge is -2.26. The van der Waals surface area contributed by atoms with Crippen molar-refractivity contribution in [3.63, 3.8) is 0 Å². The minimum absolute atomic E-state index is 0.151. The summed E-state index contributed by atoms with van der Waals surface area (Å²) in [7, 11) is 0. The van der Waals surface area contributed by atoms with Crippen molar-refractivity contribution in [3.8, 4) is 5.75 Å². The predicted octanol–water partition coefficient (Wildman–Crippen LogP) is 0.755. The summed E-state index contributed by atoms with van der Waals surface area (Å²) in [6, 6.07) is 4.18. The molecule has 3 rings (SSSR count). The molecule has 8 nitrogen and oxygen atoms in total. The van der Waals surface area contributed by atoms with Gasteiger partial charge in [-0.15, -0.1) is 5.10 Å². The first-order valence-corrected chi connectivity index (χ1v) is 6.88. The molecule has 0 saturated heterocycles. The van der Waals surface area contributed by atoms with Gasteiger partial charge in [-0.2, -0.15) is 0 Å². The molecule has 2 N–H and O–H groups in total. The lowest BCUT2D eigenvalue weighted by Crippen LogP contribution is -2.34. The van der Waals surface area contributed by atoms with Crippen LogP contribution in [0.4, 0.5) is 4.39 Å². The van der Waals surface area contributed by atoms with Gasteiger partial charge in [0.25, 0.3) is 0 Å². The number of amides is 1. The first kappa shape index (κ1) is 14.9. The third-order valence-corrected chi connectivity index (χ3v) is 3.42. The molecule has 120 valence electrons. The number of aromatic nitrogens is 3. The normalized spacial score (nSPS) is 16.3. The van der Waals surface area contributed by atoms with Gasteiger partial charge in [-0.3, -0.25) is 4.79 Å². The molecule has 23 heavy (non-hydrogen) atoms. The van der Waals surface area contributed by atoms with Crippen molar-refractivity contribution in [2.24, 2.45) is 0 Å². The number of halogens is 1. The largest absolute Gasteiger partial charge is 0.490 e. The first-order valence-electron chi connectivity index (χ1n) is 6.88. The van der Waals surface area contributed by atoms with Crippen LogP contribution in [0.3, 0.4) is 0 Å². The second kappa shape index (κ2) is 6.03. The second-order valence-corrected chi connectivity index (χ2v) is 5.02. The van der Waals surface area contributed by atoms with Gasteiger partial charge >= 0.3 is 5.97 Å². The number of fused-ring (bicyclic) bond motifs is 1. The number of carboxylic acids is 1. The molecule has 2 aromatic rings. The van der Waals surface area contributed by atoms with Crippen LogP contribution < -0.4 is 10.1 Å². The summed E-state index contributed by atoms with van der Waals surface area (Å²) in [6.07, 6.45) is 1.68. The Kier molecular flexibility index (Phi) is 3.92. The van der Waals surface area contributed by atoms with Crippen LogP contribution in [0.25, 0.3) is 0 Å². The minimum atomic E-state index is -1.22. The van der Waals surface area contributed by atoms with Gasteiger partial charge in [0.1, 0.15) is 6.54 Å². The van der Waals surface area contributed by atoms with Crippen LogP contribution in [0.5, 0.6) is 5.75 Å². The molecule has 0 radical (unpaired) electrons. The fourth-order valence-corrected chi connectivity index (χ4v) is 2.40. The zero-order chi connectivity index (χ0) is 16.4. The van der Waals surface area contributed by atoms with Crippen molar-refractivity contribution in [2.75, 3.05) is 6.61 Å². The van der Waals surface area contributed by atoms with E-state index in [9.17, 15) is 14.0 Å². The van der Waals surface area contributed by atoms with E-state index in [1.807, 2.05) is 0 Å². The molecule has 2 heterocycles. The third-order valence-electron chi connectivity index (χ3n) is 3.42. The van der Waals surface area contributed by atoms with E-state index in [-0.39, 0.29) is 29.9 Å². The summed E-state index contributed by atoms with van der Waals surface area (Å²) in [5, 5.41) is 18.5. The number of nitrogens with one attached hydrogen (secondary N) is 1. The number of hydrogen-bond acceptors (Lipinski definition) is 5. The Balaban J connectivity index is 1.69. The highest BCUT2D eigenvalue weighted by Gasteiger charge is 2.25. The van der Waals surface area contributed by atoms with Gasteiger partial charge in [-0.05, 0) is 6.07 Å². The maximum absolute atomic E-state index is 13.7. The number of ether oxygens (including phenoxy) is 1. The van der Waals surface area contributed by atoms with Crippen molar-refractivity contribution >= 4 is 11.9 Å². The van der Waals surface area contributed by atoms with E-state index in [0.29, 0.717) is 18.6 Å². The average molecular weight is 320 g/mol. The molecule has 1 aliphatic rings. The van der Waals surface area contributed by atoms with Crippen LogP contribution in [0.1, 0.15) is 28.5 Å². The predicted molar refractivity (Wildman–Crippen MR) is 74.4 cm³/mol. The fourth-order valence-electron chi connectivity index (χ4n) is 2.40. The molecule has 1 aromatic carbocycles. The molecule has 1 aromatic heterocycles. The van der Waals surface area contributed by atoms with E-state index in [0.717, 1.165) is 4.68 Å². The molecule has 0 bridgehead atoms. The summed E-state index contributed by atoms with van der Waals surface area (Å²) in [5.41, 5.74) is 0.339. The quantitative estimate of drug-likeness (QED) is 0.861. The van der Waals surface area contributed by atoms with Crippen LogP contribution in [0.2, 0.25) is 0 Å². The molecule has 1 aliphatic heterocycles. The molecule has 0 spiro atoms. The van der Waals surface area contributed by atoms with E-state index >= 15 is 0 Å². The number of nitrogens with zero attached hydrogens (tertiary/aromatic N) is 3. The molecule has 9 heteroatoms. The lowest BCUT2D eigenvalue weighted by molar-refractivity contribution is -0.122.